The minimum absolute atomic E-state index is 0.318. The van der Waals surface area contributed by atoms with E-state index in [4.69, 9.17) is 21.1 Å². The smallest absolute Gasteiger partial charge is 0.264 e. The Morgan fingerprint density at radius 1 is 1.00 bits per heavy atom. The standard InChI is InChI=1S/C24H21ClN2O3/c1-29-23-15-19(11-13-22(23)30-17-20-9-5-6-10-21(20)25)16-26-27-24(28)14-12-18-7-3-2-4-8-18/h2-16H,17H2,1H3,(H,27,28)/b14-12+,26-16+. The number of carbonyl (C=O) groups is 1. The fourth-order valence-electron chi connectivity index (χ4n) is 2.60. The van der Waals surface area contributed by atoms with E-state index in [0.717, 1.165) is 16.7 Å². The monoisotopic (exact) mass is 420 g/mol. The largest absolute Gasteiger partial charge is 0.493 e. The van der Waals surface area contributed by atoms with E-state index in [1.807, 2.05) is 60.7 Å². The molecule has 5 nitrogen and oxygen atoms in total. The average Bonchev–Trinajstić information content (AvgIpc) is 2.78. The molecule has 0 aliphatic heterocycles. The van der Waals surface area contributed by atoms with Gasteiger partial charge in [0.15, 0.2) is 11.5 Å². The highest BCUT2D eigenvalue weighted by Gasteiger charge is 2.07. The van der Waals surface area contributed by atoms with Crippen molar-refractivity contribution in [3.05, 3.63) is 101 Å². The van der Waals surface area contributed by atoms with E-state index in [0.29, 0.717) is 23.1 Å². The normalized spacial score (nSPS) is 11.0. The van der Waals surface area contributed by atoms with Gasteiger partial charge in [0.2, 0.25) is 0 Å². The first-order valence-corrected chi connectivity index (χ1v) is 9.64. The molecule has 152 valence electrons. The van der Waals surface area contributed by atoms with Crippen LogP contribution in [0.15, 0.2) is 84.0 Å². The van der Waals surface area contributed by atoms with Crippen LogP contribution in [0.2, 0.25) is 5.02 Å². The minimum Gasteiger partial charge on any atom is -0.493 e. The topological polar surface area (TPSA) is 59.9 Å². The quantitative estimate of drug-likeness (QED) is 0.313. The summed E-state index contributed by atoms with van der Waals surface area (Å²) in [5, 5.41) is 4.62. The van der Waals surface area contributed by atoms with Gasteiger partial charge in [-0.15, -0.1) is 0 Å². The summed E-state index contributed by atoms with van der Waals surface area (Å²) in [4.78, 5) is 11.9. The number of methoxy groups -OCH3 is 1. The lowest BCUT2D eigenvalue weighted by molar-refractivity contribution is -0.116. The molecule has 0 atom stereocenters. The summed E-state index contributed by atoms with van der Waals surface area (Å²) in [7, 11) is 1.56. The Hall–Kier alpha value is -3.57. The van der Waals surface area contributed by atoms with Crippen LogP contribution in [0.4, 0.5) is 0 Å². The summed E-state index contributed by atoms with van der Waals surface area (Å²) in [6.45, 7) is 0.327. The van der Waals surface area contributed by atoms with Crippen molar-refractivity contribution < 1.29 is 14.3 Å². The Balaban J connectivity index is 1.58. The summed E-state index contributed by atoms with van der Waals surface area (Å²) >= 11 is 6.16. The predicted molar refractivity (Wildman–Crippen MR) is 120 cm³/mol. The number of ether oxygens (including phenoxy) is 2. The first kappa shape index (κ1) is 21.1. The molecule has 0 spiro atoms. The number of rotatable bonds is 8. The number of hydrogen-bond acceptors (Lipinski definition) is 4. The van der Waals surface area contributed by atoms with Gasteiger partial charge >= 0.3 is 0 Å². The van der Waals surface area contributed by atoms with Gasteiger partial charge < -0.3 is 9.47 Å². The van der Waals surface area contributed by atoms with Gasteiger partial charge in [0.1, 0.15) is 6.61 Å². The van der Waals surface area contributed by atoms with Gasteiger partial charge in [0, 0.05) is 16.7 Å². The molecule has 0 radical (unpaired) electrons. The fraction of sp³-hybridized carbons (Fsp3) is 0.0833. The van der Waals surface area contributed by atoms with E-state index < -0.39 is 0 Å². The second kappa shape index (κ2) is 10.8. The second-order valence-electron chi connectivity index (χ2n) is 6.27. The maximum absolute atomic E-state index is 11.9. The van der Waals surface area contributed by atoms with E-state index >= 15 is 0 Å². The second-order valence-corrected chi connectivity index (χ2v) is 6.68. The van der Waals surface area contributed by atoms with Gasteiger partial charge in [-0.2, -0.15) is 5.10 Å². The number of nitrogens with one attached hydrogen (secondary N) is 1. The van der Waals surface area contributed by atoms with Crippen molar-refractivity contribution in [2.75, 3.05) is 7.11 Å². The zero-order chi connectivity index (χ0) is 21.2. The Labute approximate surface area is 180 Å². The van der Waals surface area contributed by atoms with E-state index in [1.54, 1.807) is 25.3 Å². The average molecular weight is 421 g/mol. The van der Waals surface area contributed by atoms with Crippen LogP contribution in [-0.2, 0) is 11.4 Å². The first-order valence-electron chi connectivity index (χ1n) is 9.26. The summed E-state index contributed by atoms with van der Waals surface area (Å²) in [6, 6.07) is 22.4. The van der Waals surface area contributed by atoms with E-state index in [2.05, 4.69) is 10.5 Å². The molecule has 1 N–H and O–H groups in total. The Kier molecular flexibility index (Phi) is 7.64. The van der Waals surface area contributed by atoms with Crippen LogP contribution in [0.3, 0.4) is 0 Å². The number of carbonyl (C=O) groups excluding carboxylic acids is 1. The molecule has 0 aliphatic rings. The Morgan fingerprint density at radius 3 is 2.53 bits per heavy atom. The van der Waals surface area contributed by atoms with Gasteiger partial charge in [0.05, 0.1) is 13.3 Å². The van der Waals surface area contributed by atoms with Crippen molar-refractivity contribution in [3.8, 4) is 11.5 Å². The number of amides is 1. The van der Waals surface area contributed by atoms with Crippen LogP contribution in [0.5, 0.6) is 11.5 Å². The van der Waals surface area contributed by atoms with Gasteiger partial charge in [0.25, 0.3) is 5.91 Å². The van der Waals surface area contributed by atoms with Gasteiger partial charge in [-0.25, -0.2) is 5.43 Å². The fourth-order valence-corrected chi connectivity index (χ4v) is 2.79. The molecule has 0 saturated carbocycles. The van der Waals surface area contributed by atoms with Crippen molar-refractivity contribution in [1.29, 1.82) is 0 Å². The van der Waals surface area contributed by atoms with Crippen molar-refractivity contribution in [2.24, 2.45) is 5.10 Å². The number of benzene rings is 3. The third-order valence-electron chi connectivity index (χ3n) is 4.14. The van der Waals surface area contributed by atoms with Crippen LogP contribution in [-0.4, -0.2) is 19.2 Å². The van der Waals surface area contributed by atoms with E-state index in [9.17, 15) is 4.79 Å². The van der Waals surface area contributed by atoms with Crippen LogP contribution in [0, 0.1) is 0 Å². The van der Waals surface area contributed by atoms with E-state index in [1.165, 1.54) is 12.3 Å². The van der Waals surface area contributed by atoms with Crippen LogP contribution >= 0.6 is 11.6 Å². The van der Waals surface area contributed by atoms with Crippen molar-refractivity contribution in [1.82, 2.24) is 5.43 Å². The summed E-state index contributed by atoms with van der Waals surface area (Å²) in [6.07, 6.45) is 4.69. The van der Waals surface area contributed by atoms with Gasteiger partial charge in [-0.1, -0.05) is 60.1 Å². The lowest BCUT2D eigenvalue weighted by atomic mass is 10.2. The molecule has 30 heavy (non-hydrogen) atoms. The zero-order valence-electron chi connectivity index (χ0n) is 16.4. The molecule has 3 aromatic carbocycles. The van der Waals surface area contributed by atoms with E-state index in [-0.39, 0.29) is 5.91 Å². The molecule has 0 heterocycles. The highest BCUT2D eigenvalue weighted by Crippen LogP contribution is 2.29. The zero-order valence-corrected chi connectivity index (χ0v) is 17.2. The molecule has 1 amide bonds. The summed E-state index contributed by atoms with van der Waals surface area (Å²) in [5.74, 6) is 0.826. The molecule has 0 aromatic heterocycles. The lowest BCUT2D eigenvalue weighted by Crippen LogP contribution is -2.14. The molecule has 0 bridgehead atoms. The van der Waals surface area contributed by atoms with Gasteiger partial charge in [-0.3, -0.25) is 4.79 Å². The molecule has 6 heteroatoms. The van der Waals surface area contributed by atoms with Crippen molar-refractivity contribution >= 4 is 29.8 Å². The Morgan fingerprint density at radius 2 is 1.77 bits per heavy atom. The van der Waals surface area contributed by atoms with Crippen molar-refractivity contribution in [3.63, 3.8) is 0 Å². The third kappa shape index (κ3) is 6.22. The highest BCUT2D eigenvalue weighted by molar-refractivity contribution is 6.31. The van der Waals surface area contributed by atoms with Gasteiger partial charge in [-0.05, 0) is 41.5 Å². The number of hydrazone groups is 1. The molecule has 0 fully saturated rings. The maximum atomic E-state index is 11.9. The molecular formula is C24H21ClN2O3. The van der Waals surface area contributed by atoms with Crippen LogP contribution in [0.1, 0.15) is 16.7 Å². The molecule has 3 aromatic rings. The summed E-state index contributed by atoms with van der Waals surface area (Å²) < 4.78 is 11.2. The SMILES string of the molecule is COc1cc(/C=N/NC(=O)/C=C/c2ccccc2)ccc1OCc1ccccc1Cl. The molecule has 0 unspecified atom stereocenters. The van der Waals surface area contributed by atoms with Crippen molar-refractivity contribution in [2.45, 2.75) is 6.61 Å². The highest BCUT2D eigenvalue weighted by atomic mass is 35.5. The van der Waals surface area contributed by atoms with Crippen LogP contribution in [0.25, 0.3) is 6.08 Å². The number of nitrogens with zero attached hydrogens (tertiary/aromatic N) is 1. The Bertz CT molecular complexity index is 1050. The maximum Gasteiger partial charge on any atom is 0.264 e. The molecule has 3 rings (SSSR count). The number of hydrogen-bond donors (Lipinski definition) is 1. The van der Waals surface area contributed by atoms with Crippen LogP contribution < -0.4 is 14.9 Å². The molecular weight excluding hydrogens is 400 g/mol. The third-order valence-corrected chi connectivity index (χ3v) is 4.51. The minimum atomic E-state index is -0.318. The lowest BCUT2D eigenvalue weighted by Gasteiger charge is -2.12. The number of halogens is 1. The molecule has 0 aliphatic carbocycles. The summed E-state index contributed by atoms with van der Waals surface area (Å²) in [5.41, 5.74) is 5.04. The first-order chi connectivity index (χ1) is 14.7. The molecule has 0 saturated heterocycles. The predicted octanol–water partition coefficient (Wildman–Crippen LogP) is 5.09.